The van der Waals surface area contributed by atoms with Gasteiger partial charge < -0.3 is 25.3 Å². The molecule has 3 N–H and O–H groups in total. The van der Waals surface area contributed by atoms with Gasteiger partial charge in [-0.05, 0) is 49.4 Å². The van der Waals surface area contributed by atoms with Crippen molar-refractivity contribution in [1.29, 1.82) is 0 Å². The average molecular weight is 487 g/mol. The summed E-state index contributed by atoms with van der Waals surface area (Å²) in [5.41, 5.74) is 3.63. The van der Waals surface area contributed by atoms with Crippen LogP contribution in [0.15, 0.2) is 36.7 Å². The SMILES string of the molecule is C[C@@H]1C[C@@H](O)c2cncc(N3CCN(C(=O)[C@H](CNC(C)(C)CO)c4ccc(Cl)cc4)CC3)c21. The van der Waals surface area contributed by atoms with Crippen LogP contribution in [-0.4, -0.2) is 70.9 Å². The van der Waals surface area contributed by atoms with Crippen LogP contribution in [-0.2, 0) is 4.79 Å². The molecular formula is C26H35ClN4O3. The van der Waals surface area contributed by atoms with Crippen LogP contribution in [0.2, 0.25) is 5.02 Å². The van der Waals surface area contributed by atoms with E-state index in [1.165, 1.54) is 5.56 Å². The van der Waals surface area contributed by atoms with Crippen molar-refractivity contribution in [3.05, 3.63) is 58.4 Å². The summed E-state index contributed by atoms with van der Waals surface area (Å²) in [5.74, 6) is -0.00577. The number of halogens is 1. The first kappa shape index (κ1) is 24.9. The molecule has 1 aromatic heterocycles. The molecule has 8 heteroatoms. The minimum absolute atomic E-state index is 0.0181. The van der Waals surface area contributed by atoms with Crippen molar-refractivity contribution in [2.45, 2.75) is 50.7 Å². The van der Waals surface area contributed by atoms with Crippen molar-refractivity contribution < 1.29 is 15.0 Å². The number of aliphatic hydroxyl groups excluding tert-OH is 2. The van der Waals surface area contributed by atoms with Gasteiger partial charge in [0.1, 0.15) is 0 Å². The normalized spacial score (nSPS) is 21.5. The van der Waals surface area contributed by atoms with Gasteiger partial charge in [-0.2, -0.15) is 0 Å². The van der Waals surface area contributed by atoms with E-state index < -0.39 is 11.6 Å². The highest BCUT2D eigenvalue weighted by Gasteiger charge is 2.34. The minimum atomic E-state index is -0.481. The number of pyridine rings is 1. The first-order valence-electron chi connectivity index (χ1n) is 12.0. The fourth-order valence-electron chi connectivity index (χ4n) is 4.97. The molecule has 2 aliphatic rings. The van der Waals surface area contributed by atoms with Crippen molar-refractivity contribution >= 4 is 23.2 Å². The number of aromatic nitrogens is 1. The molecule has 1 amide bonds. The summed E-state index contributed by atoms with van der Waals surface area (Å²) in [6.07, 6.45) is 3.95. The Morgan fingerprint density at radius 1 is 1.21 bits per heavy atom. The number of carbonyl (C=O) groups is 1. The zero-order chi connectivity index (χ0) is 24.5. The van der Waals surface area contributed by atoms with Gasteiger partial charge in [-0.3, -0.25) is 9.78 Å². The first-order chi connectivity index (χ1) is 16.2. The molecule has 0 saturated carbocycles. The second-order valence-electron chi connectivity index (χ2n) is 10.2. The van der Waals surface area contributed by atoms with Gasteiger partial charge >= 0.3 is 0 Å². The van der Waals surface area contributed by atoms with Gasteiger partial charge in [0.2, 0.25) is 5.91 Å². The molecule has 1 aliphatic carbocycles. The minimum Gasteiger partial charge on any atom is -0.394 e. The Labute approximate surface area is 206 Å². The van der Waals surface area contributed by atoms with Crippen LogP contribution in [0.3, 0.4) is 0 Å². The summed E-state index contributed by atoms with van der Waals surface area (Å²) in [6.45, 7) is 9.06. The Bertz CT molecular complexity index is 1010. The van der Waals surface area contributed by atoms with Gasteiger partial charge in [0.15, 0.2) is 0 Å². The van der Waals surface area contributed by atoms with Crippen LogP contribution < -0.4 is 10.2 Å². The van der Waals surface area contributed by atoms with Crippen LogP contribution >= 0.6 is 11.6 Å². The van der Waals surface area contributed by atoms with Gasteiger partial charge in [0.25, 0.3) is 0 Å². The lowest BCUT2D eigenvalue weighted by Gasteiger charge is -2.39. The van der Waals surface area contributed by atoms with E-state index in [4.69, 9.17) is 11.6 Å². The molecule has 3 atom stereocenters. The highest BCUT2D eigenvalue weighted by atomic mass is 35.5. The largest absolute Gasteiger partial charge is 0.394 e. The maximum atomic E-state index is 13.6. The topological polar surface area (TPSA) is 88.9 Å². The monoisotopic (exact) mass is 486 g/mol. The predicted molar refractivity (Wildman–Crippen MR) is 134 cm³/mol. The van der Waals surface area contributed by atoms with Crippen molar-refractivity contribution in [2.24, 2.45) is 0 Å². The molecule has 1 aliphatic heterocycles. The van der Waals surface area contributed by atoms with E-state index in [1.54, 1.807) is 6.20 Å². The van der Waals surface area contributed by atoms with E-state index in [9.17, 15) is 15.0 Å². The number of hydrogen-bond donors (Lipinski definition) is 3. The third-order valence-electron chi connectivity index (χ3n) is 7.11. The van der Waals surface area contributed by atoms with E-state index in [-0.39, 0.29) is 24.3 Å². The molecule has 1 fully saturated rings. The third-order valence-corrected chi connectivity index (χ3v) is 7.36. The second-order valence-corrected chi connectivity index (χ2v) is 10.6. The maximum absolute atomic E-state index is 13.6. The average Bonchev–Trinajstić information content (AvgIpc) is 3.13. The lowest BCUT2D eigenvalue weighted by atomic mass is 9.95. The van der Waals surface area contributed by atoms with Crippen LogP contribution in [0.4, 0.5) is 5.69 Å². The molecule has 2 aromatic rings. The molecule has 0 radical (unpaired) electrons. The number of amides is 1. The Kier molecular flexibility index (Phi) is 7.48. The molecule has 34 heavy (non-hydrogen) atoms. The number of anilines is 1. The number of fused-ring (bicyclic) bond motifs is 1. The Hall–Kier alpha value is -2.19. The molecular weight excluding hydrogens is 452 g/mol. The van der Waals surface area contributed by atoms with E-state index >= 15 is 0 Å². The van der Waals surface area contributed by atoms with Crippen LogP contribution in [0, 0.1) is 0 Å². The second kappa shape index (κ2) is 10.2. The number of aliphatic hydroxyl groups is 2. The number of benzene rings is 1. The van der Waals surface area contributed by atoms with Gasteiger partial charge in [0, 0.05) is 55.0 Å². The molecule has 0 spiro atoms. The number of rotatable bonds is 7. The molecule has 1 aromatic carbocycles. The summed E-state index contributed by atoms with van der Waals surface area (Å²) in [6, 6.07) is 7.43. The lowest BCUT2D eigenvalue weighted by molar-refractivity contribution is -0.133. The molecule has 184 valence electrons. The van der Waals surface area contributed by atoms with Crippen molar-refractivity contribution in [1.82, 2.24) is 15.2 Å². The molecule has 7 nitrogen and oxygen atoms in total. The van der Waals surface area contributed by atoms with Gasteiger partial charge in [0.05, 0.1) is 30.5 Å². The summed E-state index contributed by atoms with van der Waals surface area (Å²) >= 11 is 6.08. The Morgan fingerprint density at radius 2 is 1.88 bits per heavy atom. The van der Waals surface area contributed by atoms with E-state index in [1.807, 2.05) is 49.2 Å². The quantitative estimate of drug-likeness (QED) is 0.557. The fraction of sp³-hybridized carbons (Fsp3) is 0.538. The van der Waals surface area contributed by atoms with Gasteiger partial charge in [-0.15, -0.1) is 0 Å². The molecule has 1 saturated heterocycles. The number of carbonyl (C=O) groups excluding carboxylic acids is 1. The number of hydrogen-bond acceptors (Lipinski definition) is 6. The summed E-state index contributed by atoms with van der Waals surface area (Å²) in [4.78, 5) is 22.2. The van der Waals surface area contributed by atoms with Crippen molar-refractivity contribution in [2.75, 3.05) is 44.2 Å². The fourth-order valence-corrected chi connectivity index (χ4v) is 5.10. The standard InChI is InChI=1S/C26H35ClN4O3/c1-17-12-23(33)21-13-28-15-22(24(17)21)30-8-10-31(11-9-30)25(34)20(14-29-26(2,3)16-32)18-4-6-19(27)7-5-18/h4-7,13,15,17,20,23,29,32-33H,8-12,14,16H2,1-3H3/t17-,20-,23-/m1/s1. The summed E-state index contributed by atoms with van der Waals surface area (Å²) in [5, 5.41) is 24.0. The zero-order valence-electron chi connectivity index (χ0n) is 20.2. The van der Waals surface area contributed by atoms with Crippen molar-refractivity contribution in [3.8, 4) is 0 Å². The smallest absolute Gasteiger partial charge is 0.231 e. The molecule has 0 unspecified atom stereocenters. The van der Waals surface area contributed by atoms with Gasteiger partial charge in [-0.1, -0.05) is 30.7 Å². The Morgan fingerprint density at radius 3 is 2.53 bits per heavy atom. The van der Waals surface area contributed by atoms with E-state index in [2.05, 4.69) is 22.1 Å². The predicted octanol–water partition coefficient (Wildman–Crippen LogP) is 3.07. The van der Waals surface area contributed by atoms with Gasteiger partial charge in [-0.25, -0.2) is 0 Å². The summed E-state index contributed by atoms with van der Waals surface area (Å²) in [7, 11) is 0. The summed E-state index contributed by atoms with van der Waals surface area (Å²) < 4.78 is 0. The highest BCUT2D eigenvalue weighted by Crippen LogP contribution is 2.44. The molecule has 4 rings (SSSR count). The van der Waals surface area contributed by atoms with E-state index in [0.29, 0.717) is 24.7 Å². The van der Waals surface area contributed by atoms with Crippen LogP contribution in [0.1, 0.15) is 61.8 Å². The van der Waals surface area contributed by atoms with Crippen LogP contribution in [0.5, 0.6) is 0 Å². The Balaban J connectivity index is 1.48. The number of nitrogens with one attached hydrogen (secondary N) is 1. The lowest BCUT2D eigenvalue weighted by Crippen LogP contribution is -2.52. The zero-order valence-corrected chi connectivity index (χ0v) is 20.9. The van der Waals surface area contributed by atoms with Crippen LogP contribution in [0.25, 0.3) is 0 Å². The maximum Gasteiger partial charge on any atom is 0.231 e. The van der Waals surface area contributed by atoms with Crippen molar-refractivity contribution in [3.63, 3.8) is 0 Å². The first-order valence-corrected chi connectivity index (χ1v) is 12.4. The number of piperazine rings is 1. The number of nitrogens with zero attached hydrogens (tertiary/aromatic N) is 3. The third kappa shape index (κ3) is 5.23. The highest BCUT2D eigenvalue weighted by molar-refractivity contribution is 6.30. The molecule has 0 bridgehead atoms. The molecule has 2 heterocycles. The van der Waals surface area contributed by atoms with E-state index in [0.717, 1.165) is 36.3 Å².